The number of hydrogen-bond donors (Lipinski definition) is 1. The van der Waals surface area contributed by atoms with E-state index in [1.54, 1.807) is 0 Å². The molecular formula is C18H22BrNO. The van der Waals surface area contributed by atoms with Crippen LogP contribution in [-0.4, -0.2) is 6.61 Å². The van der Waals surface area contributed by atoms with Crippen molar-refractivity contribution in [3.63, 3.8) is 0 Å². The Morgan fingerprint density at radius 1 is 1.10 bits per heavy atom. The Kier molecular flexibility index (Phi) is 6.27. The second-order valence-corrected chi connectivity index (χ2v) is 5.97. The molecule has 0 saturated heterocycles. The fraction of sp³-hybridized carbons (Fsp3) is 0.333. The van der Waals surface area contributed by atoms with E-state index in [-0.39, 0.29) is 0 Å². The van der Waals surface area contributed by atoms with E-state index in [0.29, 0.717) is 6.04 Å². The molecule has 112 valence electrons. The van der Waals surface area contributed by atoms with Gasteiger partial charge in [0, 0.05) is 17.1 Å². The van der Waals surface area contributed by atoms with Gasteiger partial charge in [-0.05, 0) is 42.7 Å². The number of halogens is 1. The molecular weight excluding hydrogens is 326 g/mol. The minimum atomic E-state index is 0.303. The Hall–Kier alpha value is -1.32. The summed E-state index contributed by atoms with van der Waals surface area (Å²) in [5.74, 6) is 0.943. The Bertz CT molecular complexity index is 553. The monoisotopic (exact) mass is 347 g/mol. The summed E-state index contributed by atoms with van der Waals surface area (Å²) in [7, 11) is 0. The second kappa shape index (κ2) is 8.20. The van der Waals surface area contributed by atoms with Crippen molar-refractivity contribution in [2.24, 2.45) is 0 Å². The van der Waals surface area contributed by atoms with Crippen LogP contribution in [0.4, 0.5) is 0 Å². The Balaban J connectivity index is 1.91. The van der Waals surface area contributed by atoms with Gasteiger partial charge < -0.3 is 10.1 Å². The Labute approximate surface area is 135 Å². The molecule has 0 fully saturated rings. The van der Waals surface area contributed by atoms with Crippen LogP contribution >= 0.6 is 15.9 Å². The molecule has 21 heavy (non-hydrogen) atoms. The summed E-state index contributed by atoms with van der Waals surface area (Å²) in [5, 5.41) is 3.55. The fourth-order valence-corrected chi connectivity index (χ4v) is 2.52. The van der Waals surface area contributed by atoms with Gasteiger partial charge >= 0.3 is 0 Å². The van der Waals surface area contributed by atoms with E-state index in [9.17, 15) is 0 Å². The number of nitrogens with one attached hydrogen (secondary N) is 1. The van der Waals surface area contributed by atoms with Crippen LogP contribution in [0.1, 0.15) is 37.4 Å². The van der Waals surface area contributed by atoms with E-state index < -0.39 is 0 Å². The van der Waals surface area contributed by atoms with Crippen LogP contribution in [0.15, 0.2) is 53.0 Å². The number of benzene rings is 2. The third-order valence-electron chi connectivity index (χ3n) is 3.41. The normalized spacial score (nSPS) is 12.1. The molecule has 2 rings (SSSR count). The van der Waals surface area contributed by atoms with Gasteiger partial charge in [0.15, 0.2) is 0 Å². The predicted molar refractivity (Wildman–Crippen MR) is 91.6 cm³/mol. The molecule has 0 heterocycles. The van der Waals surface area contributed by atoms with Crippen molar-refractivity contribution < 1.29 is 4.74 Å². The molecule has 3 heteroatoms. The van der Waals surface area contributed by atoms with Crippen LogP contribution in [-0.2, 0) is 6.54 Å². The van der Waals surface area contributed by atoms with Crippen LogP contribution in [0.5, 0.6) is 5.75 Å². The van der Waals surface area contributed by atoms with Crippen LogP contribution in [0, 0.1) is 0 Å². The standard InChI is InChI=1S/C18H22BrNO/c1-3-12-21-17-10-8-15(9-11-17)14(2)20-13-16-6-4-5-7-18(16)19/h4-11,14,20H,3,12-13H2,1-2H3. The molecule has 0 radical (unpaired) electrons. The van der Waals surface area contributed by atoms with Crippen LogP contribution in [0.25, 0.3) is 0 Å². The molecule has 0 aromatic heterocycles. The summed E-state index contributed by atoms with van der Waals surface area (Å²) in [4.78, 5) is 0. The zero-order valence-electron chi connectivity index (χ0n) is 12.6. The van der Waals surface area contributed by atoms with Gasteiger partial charge in [-0.1, -0.05) is 53.2 Å². The molecule has 0 aliphatic carbocycles. The lowest BCUT2D eigenvalue weighted by Gasteiger charge is -2.15. The van der Waals surface area contributed by atoms with Crippen LogP contribution < -0.4 is 10.1 Å². The largest absolute Gasteiger partial charge is 0.494 e. The molecule has 2 aromatic rings. The minimum Gasteiger partial charge on any atom is -0.494 e. The van der Waals surface area contributed by atoms with Gasteiger partial charge in [-0.25, -0.2) is 0 Å². The molecule has 2 aromatic carbocycles. The average molecular weight is 348 g/mol. The fourth-order valence-electron chi connectivity index (χ4n) is 2.10. The van der Waals surface area contributed by atoms with Gasteiger partial charge in [0.1, 0.15) is 5.75 Å². The zero-order chi connectivity index (χ0) is 15.1. The summed E-state index contributed by atoms with van der Waals surface area (Å²) < 4.78 is 6.75. The lowest BCUT2D eigenvalue weighted by atomic mass is 10.1. The Morgan fingerprint density at radius 2 is 1.81 bits per heavy atom. The maximum Gasteiger partial charge on any atom is 0.119 e. The van der Waals surface area contributed by atoms with Crippen molar-refractivity contribution in [3.8, 4) is 5.75 Å². The molecule has 0 bridgehead atoms. The van der Waals surface area contributed by atoms with Crippen LogP contribution in [0.2, 0.25) is 0 Å². The molecule has 1 atom stereocenters. The number of ether oxygens (including phenoxy) is 1. The van der Waals surface area contributed by atoms with E-state index >= 15 is 0 Å². The SMILES string of the molecule is CCCOc1ccc(C(C)NCc2ccccc2Br)cc1. The van der Waals surface area contributed by atoms with Gasteiger partial charge in [-0.3, -0.25) is 0 Å². The van der Waals surface area contributed by atoms with Crippen molar-refractivity contribution in [1.82, 2.24) is 5.32 Å². The predicted octanol–water partition coefficient (Wildman–Crippen LogP) is 5.09. The summed E-state index contributed by atoms with van der Waals surface area (Å²) in [6.07, 6.45) is 1.03. The zero-order valence-corrected chi connectivity index (χ0v) is 14.2. The number of rotatable bonds is 7. The van der Waals surface area contributed by atoms with Crippen molar-refractivity contribution in [1.29, 1.82) is 0 Å². The van der Waals surface area contributed by atoms with E-state index in [0.717, 1.165) is 29.8 Å². The smallest absolute Gasteiger partial charge is 0.119 e. The molecule has 0 aliphatic heterocycles. The highest BCUT2D eigenvalue weighted by Gasteiger charge is 2.06. The van der Waals surface area contributed by atoms with Gasteiger partial charge in [0.2, 0.25) is 0 Å². The molecule has 2 nitrogen and oxygen atoms in total. The highest BCUT2D eigenvalue weighted by Crippen LogP contribution is 2.20. The molecule has 0 amide bonds. The summed E-state index contributed by atoms with van der Waals surface area (Å²) >= 11 is 3.58. The van der Waals surface area contributed by atoms with Gasteiger partial charge in [0.05, 0.1) is 6.61 Å². The lowest BCUT2D eigenvalue weighted by molar-refractivity contribution is 0.317. The third kappa shape index (κ3) is 4.87. The maximum atomic E-state index is 5.61. The molecule has 1 N–H and O–H groups in total. The minimum absolute atomic E-state index is 0.303. The first-order chi connectivity index (χ1) is 10.2. The summed E-state index contributed by atoms with van der Waals surface area (Å²) in [5.41, 5.74) is 2.54. The number of hydrogen-bond acceptors (Lipinski definition) is 2. The average Bonchev–Trinajstić information content (AvgIpc) is 2.52. The lowest BCUT2D eigenvalue weighted by Crippen LogP contribution is -2.18. The maximum absolute atomic E-state index is 5.61. The first-order valence-electron chi connectivity index (χ1n) is 7.40. The van der Waals surface area contributed by atoms with Crippen molar-refractivity contribution in [3.05, 3.63) is 64.1 Å². The highest BCUT2D eigenvalue weighted by atomic mass is 79.9. The van der Waals surface area contributed by atoms with E-state index in [4.69, 9.17) is 4.74 Å². The van der Waals surface area contributed by atoms with Gasteiger partial charge in [-0.2, -0.15) is 0 Å². The van der Waals surface area contributed by atoms with Crippen molar-refractivity contribution in [2.75, 3.05) is 6.61 Å². The topological polar surface area (TPSA) is 21.3 Å². The van der Waals surface area contributed by atoms with Gasteiger partial charge in [0.25, 0.3) is 0 Å². The molecule has 0 spiro atoms. The summed E-state index contributed by atoms with van der Waals surface area (Å²) in [6.45, 7) is 5.91. The van der Waals surface area contributed by atoms with Crippen LogP contribution in [0.3, 0.4) is 0 Å². The summed E-state index contributed by atoms with van der Waals surface area (Å²) in [6, 6.07) is 16.9. The van der Waals surface area contributed by atoms with Crippen molar-refractivity contribution >= 4 is 15.9 Å². The molecule has 1 unspecified atom stereocenters. The molecule has 0 aliphatic rings. The van der Waals surface area contributed by atoms with E-state index in [1.807, 2.05) is 18.2 Å². The molecule has 0 saturated carbocycles. The van der Waals surface area contributed by atoms with E-state index in [2.05, 4.69) is 65.4 Å². The first-order valence-corrected chi connectivity index (χ1v) is 8.19. The van der Waals surface area contributed by atoms with E-state index in [1.165, 1.54) is 11.1 Å². The van der Waals surface area contributed by atoms with Crippen molar-refractivity contribution in [2.45, 2.75) is 32.9 Å². The quantitative estimate of drug-likeness (QED) is 0.753. The third-order valence-corrected chi connectivity index (χ3v) is 4.18. The van der Waals surface area contributed by atoms with Gasteiger partial charge in [-0.15, -0.1) is 0 Å². The Morgan fingerprint density at radius 3 is 2.48 bits per heavy atom. The second-order valence-electron chi connectivity index (χ2n) is 5.11. The highest BCUT2D eigenvalue weighted by molar-refractivity contribution is 9.10. The first kappa shape index (κ1) is 16.1.